The van der Waals surface area contributed by atoms with Crippen molar-refractivity contribution in [1.29, 1.82) is 0 Å². The van der Waals surface area contributed by atoms with Crippen LogP contribution in [0.2, 0.25) is 5.02 Å². The minimum absolute atomic E-state index is 0.0353. The van der Waals surface area contributed by atoms with Gasteiger partial charge in [0.15, 0.2) is 0 Å². The molecule has 0 fully saturated rings. The van der Waals surface area contributed by atoms with E-state index in [1.165, 1.54) is 16.4 Å². The van der Waals surface area contributed by atoms with Gasteiger partial charge in [-0.25, -0.2) is 22.4 Å². The minimum atomic E-state index is -4.07. The van der Waals surface area contributed by atoms with E-state index < -0.39 is 27.3 Å². The number of hydrogen-bond donors (Lipinski definition) is 2. The van der Waals surface area contributed by atoms with Gasteiger partial charge >= 0.3 is 5.97 Å². The lowest BCUT2D eigenvalue weighted by Crippen LogP contribution is -2.35. The zero-order valence-corrected chi connectivity index (χ0v) is 27.5. The molecule has 2 N–H and O–H groups in total. The summed E-state index contributed by atoms with van der Waals surface area (Å²) in [5, 5.41) is 11.4. The van der Waals surface area contributed by atoms with Crippen LogP contribution in [-0.2, 0) is 27.0 Å². The molecule has 1 unspecified atom stereocenters. The molecule has 0 saturated carbocycles. The van der Waals surface area contributed by atoms with Gasteiger partial charge in [-0.3, -0.25) is 13.2 Å². The van der Waals surface area contributed by atoms with Crippen molar-refractivity contribution in [2.24, 2.45) is 0 Å². The Morgan fingerprint density at radius 1 is 0.851 bits per heavy atom. The second-order valence-corrected chi connectivity index (χ2v) is 13.9. The molecule has 0 aliphatic heterocycles. The summed E-state index contributed by atoms with van der Waals surface area (Å²) in [5.41, 5.74) is 3.34. The highest BCUT2D eigenvalue weighted by molar-refractivity contribution is 7.92. The summed E-state index contributed by atoms with van der Waals surface area (Å²) in [5.74, 6) is -1.62. The van der Waals surface area contributed by atoms with Crippen molar-refractivity contribution in [2.45, 2.75) is 18.6 Å². The van der Waals surface area contributed by atoms with Gasteiger partial charge in [-0.2, -0.15) is 0 Å². The molecule has 0 saturated heterocycles. The van der Waals surface area contributed by atoms with Crippen molar-refractivity contribution in [3.8, 4) is 0 Å². The maximum Gasteiger partial charge on any atom is 0.337 e. The zero-order chi connectivity index (χ0) is 33.4. The number of halogens is 1. The second-order valence-electron chi connectivity index (χ2n) is 10.7. The lowest BCUT2D eigenvalue weighted by Gasteiger charge is -2.27. The van der Waals surface area contributed by atoms with E-state index >= 15 is 0 Å². The summed E-state index contributed by atoms with van der Waals surface area (Å²) in [6.07, 6.45) is 4.36. The van der Waals surface area contributed by atoms with Crippen molar-refractivity contribution in [3.05, 3.63) is 137 Å². The van der Waals surface area contributed by atoms with E-state index in [4.69, 9.17) is 11.6 Å². The highest BCUT2D eigenvalue weighted by Crippen LogP contribution is 2.27. The van der Waals surface area contributed by atoms with E-state index in [1.807, 2.05) is 54.6 Å². The predicted octanol–water partition coefficient (Wildman–Crippen LogP) is 7.52. The van der Waals surface area contributed by atoms with Crippen LogP contribution in [0, 0.1) is 0 Å². The number of carboxylic acid groups (broad SMARTS) is 1. The molecule has 5 rings (SSSR count). The molecule has 4 aromatic carbocycles. The number of sulfonamides is 1. The number of carboxylic acids is 1. The van der Waals surface area contributed by atoms with Crippen LogP contribution < -0.4 is 8.61 Å². The van der Waals surface area contributed by atoms with Gasteiger partial charge in [-0.05, 0) is 78.6 Å². The third-order valence-electron chi connectivity index (χ3n) is 7.38. The van der Waals surface area contributed by atoms with Crippen LogP contribution in [0.4, 0.5) is 11.4 Å². The number of carbonyl (C=O) groups is 1. The molecule has 12 heteroatoms. The van der Waals surface area contributed by atoms with Crippen LogP contribution in [0.1, 0.15) is 40.0 Å². The van der Waals surface area contributed by atoms with E-state index in [0.717, 1.165) is 26.5 Å². The van der Waals surface area contributed by atoms with Crippen molar-refractivity contribution in [1.82, 2.24) is 4.98 Å². The summed E-state index contributed by atoms with van der Waals surface area (Å²) in [7, 11) is -4.07. The minimum Gasteiger partial charge on any atom is -0.478 e. The SMILES string of the molecule is O=C(O)c1ccccc1N(CCCCN(c1ccc(Cl)cc1)S(=O)O)S(=O)(=O)Cc1cccc(C=Cc2ccc3ccccc3n2)c1. The van der Waals surface area contributed by atoms with Crippen molar-refractivity contribution in [2.75, 3.05) is 21.7 Å². The second kappa shape index (κ2) is 15.4. The molecule has 0 spiro atoms. The monoisotopic (exact) mass is 689 g/mol. The molecule has 1 atom stereocenters. The van der Waals surface area contributed by atoms with E-state index in [2.05, 4.69) is 4.98 Å². The van der Waals surface area contributed by atoms with Gasteiger partial charge in [0, 0.05) is 23.5 Å². The van der Waals surface area contributed by atoms with Gasteiger partial charge in [-0.15, -0.1) is 0 Å². The first-order valence-electron chi connectivity index (χ1n) is 14.7. The number of pyridine rings is 1. The van der Waals surface area contributed by atoms with Gasteiger partial charge in [0.25, 0.3) is 11.3 Å². The number of anilines is 2. The largest absolute Gasteiger partial charge is 0.478 e. The maximum atomic E-state index is 14.0. The Morgan fingerprint density at radius 3 is 2.34 bits per heavy atom. The van der Waals surface area contributed by atoms with E-state index in [0.29, 0.717) is 22.7 Å². The highest BCUT2D eigenvalue weighted by Gasteiger charge is 2.27. The van der Waals surface area contributed by atoms with Gasteiger partial charge in [-0.1, -0.05) is 78.3 Å². The number of aromatic carboxylic acids is 1. The Morgan fingerprint density at radius 2 is 1.57 bits per heavy atom. The van der Waals surface area contributed by atoms with Crippen LogP contribution in [0.5, 0.6) is 0 Å². The Labute approximate surface area is 281 Å². The number of rotatable bonds is 14. The van der Waals surface area contributed by atoms with Gasteiger partial charge in [0.05, 0.1) is 33.9 Å². The summed E-state index contributed by atoms with van der Waals surface area (Å²) >= 11 is 3.64. The molecule has 0 aliphatic rings. The van der Waals surface area contributed by atoms with Crippen LogP contribution in [0.3, 0.4) is 0 Å². The average molecular weight is 690 g/mol. The van der Waals surface area contributed by atoms with Crippen LogP contribution >= 0.6 is 11.6 Å². The molecule has 47 heavy (non-hydrogen) atoms. The van der Waals surface area contributed by atoms with Crippen molar-refractivity contribution >= 4 is 73.3 Å². The van der Waals surface area contributed by atoms with Crippen LogP contribution in [0.25, 0.3) is 23.1 Å². The Bertz CT molecular complexity index is 2040. The normalized spacial score (nSPS) is 12.3. The fourth-order valence-electron chi connectivity index (χ4n) is 5.13. The van der Waals surface area contributed by atoms with Gasteiger partial charge in [0.1, 0.15) is 0 Å². The van der Waals surface area contributed by atoms with E-state index in [-0.39, 0.29) is 36.5 Å². The number of unbranched alkanes of at least 4 members (excludes halogenated alkanes) is 1. The molecule has 1 aromatic heterocycles. The van der Waals surface area contributed by atoms with Crippen LogP contribution in [0.15, 0.2) is 109 Å². The molecule has 0 amide bonds. The fourth-order valence-corrected chi connectivity index (χ4v) is 7.46. The molecule has 0 aliphatic carbocycles. The predicted molar refractivity (Wildman–Crippen MR) is 189 cm³/mol. The molecular formula is C35H32ClN3O6S2. The summed E-state index contributed by atoms with van der Waals surface area (Å²) in [6, 6.07) is 31.3. The Balaban J connectivity index is 1.34. The first-order valence-corrected chi connectivity index (χ1v) is 17.8. The third-order valence-corrected chi connectivity index (χ3v) is 10.2. The molecular weight excluding hydrogens is 658 g/mol. The molecule has 5 aromatic rings. The number of hydrogen-bond acceptors (Lipinski definition) is 5. The zero-order valence-electron chi connectivity index (χ0n) is 25.1. The summed E-state index contributed by atoms with van der Waals surface area (Å²) < 4.78 is 52.3. The van der Waals surface area contributed by atoms with Gasteiger partial charge < -0.3 is 5.11 Å². The first kappa shape index (κ1) is 33.8. The smallest absolute Gasteiger partial charge is 0.337 e. The number of benzene rings is 4. The first-order chi connectivity index (χ1) is 22.6. The number of aromatic nitrogens is 1. The van der Waals surface area contributed by atoms with Gasteiger partial charge in [0.2, 0.25) is 10.0 Å². The molecule has 1 heterocycles. The third kappa shape index (κ3) is 8.83. The van der Waals surface area contributed by atoms with E-state index in [1.54, 1.807) is 54.6 Å². The highest BCUT2D eigenvalue weighted by atomic mass is 35.5. The molecule has 0 radical (unpaired) electrons. The maximum absolute atomic E-state index is 14.0. The molecule has 0 bridgehead atoms. The number of nitrogens with zero attached hydrogens (tertiary/aromatic N) is 3. The fraction of sp³-hybridized carbons (Fsp3) is 0.143. The lowest BCUT2D eigenvalue weighted by atomic mass is 10.1. The molecule has 9 nitrogen and oxygen atoms in total. The van der Waals surface area contributed by atoms with Crippen LogP contribution in [-0.4, -0.2) is 46.3 Å². The lowest BCUT2D eigenvalue weighted by molar-refractivity contribution is 0.0697. The van der Waals surface area contributed by atoms with E-state index in [9.17, 15) is 27.1 Å². The topological polar surface area (TPSA) is 128 Å². The number of para-hydroxylation sites is 2. The Hall–Kier alpha value is -4.55. The average Bonchev–Trinajstić information content (AvgIpc) is 3.05. The summed E-state index contributed by atoms with van der Waals surface area (Å²) in [4.78, 5) is 16.7. The number of fused-ring (bicyclic) bond motifs is 1. The quantitative estimate of drug-likeness (QED) is 0.0912. The standard InChI is InChI=1S/C35H32ClN3O6S2/c36-29-16-20-31(21-17-29)38(46(42)43)22-5-6-23-39(34-13-4-2-11-32(34)35(40)41)47(44,45)25-27-9-7-8-26(24-27)14-18-30-19-15-28-10-1-3-12-33(28)37-30/h1-4,7-21,24H,5-6,22-23,25H2,(H,40,41)(H,42,43). The Kier molecular flexibility index (Phi) is 11.0. The van der Waals surface area contributed by atoms with Crippen molar-refractivity contribution < 1.29 is 27.1 Å². The molecule has 242 valence electrons. The summed E-state index contributed by atoms with van der Waals surface area (Å²) in [6.45, 7) is 0.117. The van der Waals surface area contributed by atoms with Crippen molar-refractivity contribution in [3.63, 3.8) is 0 Å².